The number of benzene rings is 2. The molecule has 0 bridgehead atoms. The molecule has 0 amide bonds. The topological polar surface area (TPSA) is 141 Å². The SMILES string of the molecule is CCOC(=O)C1=C(C=O)C(=C2CCC(=O)C(c3ccc4c(c3)=CCN=4)C2)c2c(cc3c(c2OCCCO)CC(C(C)(C)O)O3)O1. The van der Waals surface area contributed by atoms with Gasteiger partial charge in [0.05, 0.1) is 41.9 Å². The van der Waals surface area contributed by atoms with Gasteiger partial charge in [-0.2, -0.15) is 0 Å². The predicted octanol–water partition coefficient (Wildman–Crippen LogP) is 2.63. The molecule has 45 heavy (non-hydrogen) atoms. The number of aliphatic hydroxyl groups is 2. The second-order valence-corrected chi connectivity index (χ2v) is 12.2. The fourth-order valence-electron chi connectivity index (χ4n) is 6.46. The van der Waals surface area contributed by atoms with E-state index in [9.17, 15) is 24.6 Å². The largest absolute Gasteiger partial charge is 0.492 e. The van der Waals surface area contributed by atoms with Crippen LogP contribution in [0, 0.1) is 0 Å². The van der Waals surface area contributed by atoms with E-state index in [1.165, 1.54) is 0 Å². The summed E-state index contributed by atoms with van der Waals surface area (Å²) in [6, 6.07) is 7.52. The standard InChI is InChI=1S/C35H37NO9/c1-4-42-34(40)33-24(18-38)30(21-7-9-26(39)22(15-21)19-6-8-25-20(14-19)10-11-36-25)31-28(45-33)17-27-23(32(31)43-13-5-12-37)16-29(44-27)35(2,3)41/h6,8,10,14,17-18,22,29,37,41H,4-5,7,9,11-13,15-16H2,1-3H3. The highest BCUT2D eigenvalue weighted by atomic mass is 16.6. The number of aldehydes is 1. The second-order valence-electron chi connectivity index (χ2n) is 12.2. The summed E-state index contributed by atoms with van der Waals surface area (Å²) >= 11 is 0. The normalized spacial score (nSPS) is 21.9. The van der Waals surface area contributed by atoms with E-state index in [1.54, 1.807) is 26.8 Å². The lowest BCUT2D eigenvalue weighted by Crippen LogP contribution is -2.39. The fraction of sp³-hybridized carbons (Fsp3) is 0.429. The van der Waals surface area contributed by atoms with E-state index in [-0.39, 0.29) is 49.1 Å². The van der Waals surface area contributed by atoms with Crippen molar-refractivity contribution in [1.29, 1.82) is 0 Å². The minimum Gasteiger partial charge on any atom is -0.492 e. The van der Waals surface area contributed by atoms with Crippen LogP contribution in [0.4, 0.5) is 0 Å². The number of hydrogen-bond acceptors (Lipinski definition) is 10. The molecule has 2 aromatic carbocycles. The minimum atomic E-state index is -1.18. The number of ketones is 1. The van der Waals surface area contributed by atoms with Crippen molar-refractivity contribution in [3.63, 3.8) is 0 Å². The summed E-state index contributed by atoms with van der Waals surface area (Å²) in [5, 5.41) is 22.2. The number of ether oxygens (including phenoxy) is 4. The molecular weight excluding hydrogens is 578 g/mol. The zero-order chi connectivity index (χ0) is 31.9. The summed E-state index contributed by atoms with van der Waals surface area (Å²) in [4.78, 5) is 43.9. The van der Waals surface area contributed by atoms with Crippen molar-refractivity contribution in [2.75, 3.05) is 26.4 Å². The van der Waals surface area contributed by atoms with Gasteiger partial charge in [-0.15, -0.1) is 0 Å². The number of nitrogens with zero attached hydrogens (tertiary/aromatic N) is 1. The van der Waals surface area contributed by atoms with E-state index in [2.05, 4.69) is 4.99 Å². The van der Waals surface area contributed by atoms with E-state index in [4.69, 9.17) is 18.9 Å². The Labute approximate surface area is 260 Å². The molecule has 2 atom stereocenters. The van der Waals surface area contributed by atoms with E-state index in [0.29, 0.717) is 66.7 Å². The van der Waals surface area contributed by atoms with Gasteiger partial charge in [0, 0.05) is 49.0 Å². The van der Waals surface area contributed by atoms with Gasteiger partial charge in [-0.05, 0) is 56.5 Å². The third-order valence-electron chi connectivity index (χ3n) is 8.75. The number of carbonyl (C=O) groups excluding carboxylic acids is 3. The Balaban J connectivity index is 1.56. The maximum atomic E-state index is 13.4. The molecule has 0 aromatic heterocycles. The van der Waals surface area contributed by atoms with Crippen molar-refractivity contribution in [3.05, 3.63) is 68.4 Å². The molecule has 3 aliphatic heterocycles. The molecule has 3 heterocycles. The number of hydrogen-bond donors (Lipinski definition) is 2. The highest BCUT2D eigenvalue weighted by molar-refractivity contribution is 6.10. The van der Waals surface area contributed by atoms with Crippen LogP contribution in [0.3, 0.4) is 0 Å². The number of aliphatic hydroxyl groups excluding tert-OH is 1. The molecule has 2 unspecified atom stereocenters. The van der Waals surface area contributed by atoms with Crippen LogP contribution in [0.25, 0.3) is 11.6 Å². The first-order valence-electron chi connectivity index (χ1n) is 15.4. The molecule has 236 valence electrons. The van der Waals surface area contributed by atoms with Crippen molar-refractivity contribution >= 4 is 29.7 Å². The lowest BCUT2D eigenvalue weighted by atomic mass is 9.75. The number of Topliss-reactive ketones (excluding diaryl/α,β-unsaturated/α-hetero) is 1. The lowest BCUT2D eigenvalue weighted by molar-refractivity contribution is -0.141. The zero-order valence-corrected chi connectivity index (χ0v) is 25.7. The van der Waals surface area contributed by atoms with E-state index < -0.39 is 23.6 Å². The molecule has 1 aliphatic carbocycles. The number of carbonyl (C=O) groups is 3. The van der Waals surface area contributed by atoms with Crippen molar-refractivity contribution in [3.8, 4) is 17.2 Å². The maximum Gasteiger partial charge on any atom is 0.375 e. The van der Waals surface area contributed by atoms with Gasteiger partial charge in [-0.3, -0.25) is 14.6 Å². The van der Waals surface area contributed by atoms with Crippen LogP contribution < -0.4 is 24.8 Å². The average Bonchev–Trinajstić information content (AvgIpc) is 3.67. The minimum absolute atomic E-state index is 0.0232. The van der Waals surface area contributed by atoms with Crippen LogP contribution in [0.5, 0.6) is 17.2 Å². The van der Waals surface area contributed by atoms with Crippen molar-refractivity contribution < 1.29 is 43.5 Å². The number of allylic oxidation sites excluding steroid dienone is 3. The molecule has 4 aliphatic rings. The van der Waals surface area contributed by atoms with Crippen LogP contribution in [0.1, 0.15) is 69.1 Å². The summed E-state index contributed by atoms with van der Waals surface area (Å²) in [5.74, 6) is -0.332. The first kappa shape index (κ1) is 30.7. The molecule has 0 spiro atoms. The third kappa shape index (κ3) is 5.68. The molecule has 10 heteroatoms. The Morgan fingerprint density at radius 3 is 2.73 bits per heavy atom. The van der Waals surface area contributed by atoms with E-state index in [1.807, 2.05) is 24.3 Å². The Hall–Kier alpha value is -4.28. The van der Waals surface area contributed by atoms with Crippen LogP contribution in [-0.4, -0.2) is 66.3 Å². The van der Waals surface area contributed by atoms with E-state index in [0.717, 1.165) is 21.7 Å². The summed E-state index contributed by atoms with van der Waals surface area (Å²) in [6.45, 7) is 5.74. The Bertz CT molecular complexity index is 1760. The van der Waals surface area contributed by atoms with Gasteiger partial charge in [0.25, 0.3) is 0 Å². The fourth-order valence-corrected chi connectivity index (χ4v) is 6.46. The average molecular weight is 616 g/mol. The van der Waals surface area contributed by atoms with Gasteiger partial charge in [0.15, 0.2) is 6.29 Å². The Morgan fingerprint density at radius 2 is 2.00 bits per heavy atom. The Kier molecular flexibility index (Phi) is 8.37. The number of esters is 1. The maximum absolute atomic E-state index is 13.4. The summed E-state index contributed by atoms with van der Waals surface area (Å²) in [5.41, 5.74) is 2.17. The quantitative estimate of drug-likeness (QED) is 0.247. The highest BCUT2D eigenvalue weighted by Gasteiger charge is 2.42. The van der Waals surface area contributed by atoms with E-state index >= 15 is 0 Å². The van der Waals surface area contributed by atoms with Crippen LogP contribution in [0.2, 0.25) is 0 Å². The summed E-state index contributed by atoms with van der Waals surface area (Å²) < 4.78 is 23.9. The molecule has 1 fully saturated rings. The van der Waals surface area contributed by atoms with Crippen LogP contribution in [-0.2, 0) is 25.5 Å². The van der Waals surface area contributed by atoms with Crippen molar-refractivity contribution in [2.24, 2.45) is 4.99 Å². The van der Waals surface area contributed by atoms with Gasteiger partial charge >= 0.3 is 5.97 Å². The summed E-state index contributed by atoms with van der Waals surface area (Å²) in [7, 11) is 0. The molecule has 0 radical (unpaired) electrons. The molecule has 2 N–H and O–H groups in total. The van der Waals surface area contributed by atoms with Gasteiger partial charge in [0.1, 0.15) is 29.1 Å². The van der Waals surface area contributed by atoms with Crippen molar-refractivity contribution in [1.82, 2.24) is 0 Å². The molecule has 6 rings (SSSR count). The molecule has 0 saturated heterocycles. The molecule has 2 aromatic rings. The molecule has 10 nitrogen and oxygen atoms in total. The van der Waals surface area contributed by atoms with Gasteiger partial charge < -0.3 is 29.2 Å². The molecular formula is C35H37NO9. The zero-order valence-electron chi connectivity index (χ0n) is 25.7. The first-order valence-corrected chi connectivity index (χ1v) is 15.4. The smallest absolute Gasteiger partial charge is 0.375 e. The highest BCUT2D eigenvalue weighted by Crippen LogP contribution is 2.54. The third-order valence-corrected chi connectivity index (χ3v) is 8.75. The van der Waals surface area contributed by atoms with Gasteiger partial charge in [-0.25, -0.2) is 4.79 Å². The second kappa shape index (κ2) is 12.3. The molecule has 1 saturated carbocycles. The van der Waals surface area contributed by atoms with Gasteiger partial charge in [0.2, 0.25) is 5.76 Å². The monoisotopic (exact) mass is 615 g/mol. The number of fused-ring (bicyclic) bond motifs is 3. The number of rotatable bonds is 9. The van der Waals surface area contributed by atoms with Crippen LogP contribution >= 0.6 is 0 Å². The Morgan fingerprint density at radius 1 is 1.18 bits per heavy atom. The first-order chi connectivity index (χ1) is 21.6. The predicted molar refractivity (Wildman–Crippen MR) is 163 cm³/mol. The van der Waals surface area contributed by atoms with Crippen molar-refractivity contribution in [2.45, 2.75) is 70.5 Å². The van der Waals surface area contributed by atoms with Crippen LogP contribution in [0.15, 0.2) is 46.2 Å². The summed E-state index contributed by atoms with van der Waals surface area (Å²) in [6.07, 6.45) is 3.66. The lowest BCUT2D eigenvalue weighted by Gasteiger charge is -2.31. The van der Waals surface area contributed by atoms with Gasteiger partial charge in [-0.1, -0.05) is 17.7 Å².